The maximum absolute atomic E-state index is 12.0. The number of benzene rings is 1. The molecule has 0 fully saturated rings. The fourth-order valence-electron chi connectivity index (χ4n) is 1.66. The van der Waals surface area contributed by atoms with E-state index in [9.17, 15) is 5.11 Å². The SMILES string of the molecule is Cn1cc[n+](C)c1C([O-])=Nc1cc(Cl)cc(Cl)c1. The molecular formula is C12H11Cl2N3O. The van der Waals surface area contributed by atoms with Gasteiger partial charge in [0.25, 0.3) is 5.82 Å². The molecule has 0 saturated carbocycles. The van der Waals surface area contributed by atoms with Crippen molar-refractivity contribution in [3.05, 3.63) is 46.5 Å². The van der Waals surface area contributed by atoms with Gasteiger partial charge < -0.3 is 5.11 Å². The van der Waals surface area contributed by atoms with Gasteiger partial charge in [0.2, 0.25) is 0 Å². The van der Waals surface area contributed by atoms with Crippen molar-refractivity contribution in [2.24, 2.45) is 19.1 Å². The number of hydrogen-bond acceptors (Lipinski definition) is 2. The average Bonchev–Trinajstić information content (AvgIpc) is 2.56. The molecule has 0 radical (unpaired) electrons. The van der Waals surface area contributed by atoms with E-state index >= 15 is 0 Å². The molecule has 1 aromatic heterocycles. The maximum Gasteiger partial charge on any atom is 0.292 e. The summed E-state index contributed by atoms with van der Waals surface area (Å²) in [7, 11) is 3.57. The second kappa shape index (κ2) is 5.00. The molecule has 2 aromatic rings. The van der Waals surface area contributed by atoms with Crippen LogP contribution in [0.1, 0.15) is 5.82 Å². The maximum atomic E-state index is 12.0. The second-order valence-corrected chi connectivity index (χ2v) is 4.76. The number of imidazole rings is 1. The topological polar surface area (TPSA) is 44.2 Å². The van der Waals surface area contributed by atoms with Gasteiger partial charge in [-0.05, 0) is 18.2 Å². The zero-order chi connectivity index (χ0) is 13.3. The van der Waals surface area contributed by atoms with Gasteiger partial charge in [-0.2, -0.15) is 0 Å². The van der Waals surface area contributed by atoms with Crippen LogP contribution in [0.4, 0.5) is 5.69 Å². The Morgan fingerprint density at radius 2 is 1.89 bits per heavy atom. The van der Waals surface area contributed by atoms with Crippen molar-refractivity contribution in [3.63, 3.8) is 0 Å². The molecule has 6 heteroatoms. The number of aryl methyl sites for hydroxylation is 2. The Bertz CT molecular complexity index is 580. The van der Waals surface area contributed by atoms with Crippen molar-refractivity contribution in [2.45, 2.75) is 0 Å². The summed E-state index contributed by atoms with van der Waals surface area (Å²) < 4.78 is 3.41. The van der Waals surface area contributed by atoms with Gasteiger partial charge >= 0.3 is 0 Å². The second-order valence-electron chi connectivity index (χ2n) is 3.89. The third-order valence-corrected chi connectivity index (χ3v) is 2.89. The van der Waals surface area contributed by atoms with Crippen LogP contribution in [-0.2, 0) is 14.1 Å². The van der Waals surface area contributed by atoms with E-state index in [0.29, 0.717) is 21.6 Å². The molecule has 0 N–H and O–H groups in total. The summed E-state index contributed by atoms with van der Waals surface area (Å²) in [6.07, 6.45) is 3.57. The zero-order valence-electron chi connectivity index (χ0n) is 9.89. The van der Waals surface area contributed by atoms with Gasteiger partial charge in [0.15, 0.2) is 0 Å². The van der Waals surface area contributed by atoms with Crippen molar-refractivity contribution in [1.82, 2.24) is 4.57 Å². The van der Waals surface area contributed by atoms with E-state index in [1.165, 1.54) is 0 Å². The minimum atomic E-state index is -0.344. The highest BCUT2D eigenvalue weighted by Crippen LogP contribution is 2.24. The zero-order valence-corrected chi connectivity index (χ0v) is 11.4. The minimum absolute atomic E-state index is 0.344. The molecule has 1 heterocycles. The number of nitrogens with zero attached hydrogens (tertiary/aromatic N) is 3. The first-order chi connectivity index (χ1) is 8.47. The molecular weight excluding hydrogens is 273 g/mol. The Balaban J connectivity index is 2.44. The fraction of sp³-hybridized carbons (Fsp3) is 0.167. The predicted molar refractivity (Wildman–Crippen MR) is 69.2 cm³/mol. The van der Waals surface area contributed by atoms with E-state index in [1.807, 2.05) is 0 Å². The first-order valence-corrected chi connectivity index (χ1v) is 5.96. The lowest BCUT2D eigenvalue weighted by Crippen LogP contribution is -2.39. The van der Waals surface area contributed by atoms with Crippen LogP contribution >= 0.6 is 23.2 Å². The number of halogens is 2. The molecule has 0 bridgehead atoms. The van der Waals surface area contributed by atoms with Crippen LogP contribution in [0.25, 0.3) is 0 Å². The average molecular weight is 284 g/mol. The van der Waals surface area contributed by atoms with E-state index in [0.717, 1.165) is 0 Å². The third kappa shape index (κ3) is 2.66. The third-order valence-electron chi connectivity index (χ3n) is 2.45. The first kappa shape index (κ1) is 12.9. The number of aliphatic imine (C=N–C) groups is 1. The molecule has 0 unspecified atom stereocenters. The van der Waals surface area contributed by atoms with E-state index < -0.39 is 0 Å². The molecule has 94 valence electrons. The number of aromatic nitrogens is 2. The van der Waals surface area contributed by atoms with Crippen LogP contribution in [0, 0.1) is 0 Å². The molecule has 4 nitrogen and oxygen atoms in total. The molecule has 0 atom stereocenters. The van der Waals surface area contributed by atoms with Gasteiger partial charge in [-0.25, -0.2) is 9.13 Å². The van der Waals surface area contributed by atoms with E-state index in [1.54, 1.807) is 53.8 Å². The van der Waals surface area contributed by atoms with E-state index in [-0.39, 0.29) is 5.90 Å². The van der Waals surface area contributed by atoms with Crippen LogP contribution in [0.5, 0.6) is 0 Å². The molecule has 1 aromatic carbocycles. The predicted octanol–water partition coefficient (Wildman–Crippen LogP) is 1.59. The Morgan fingerprint density at radius 1 is 1.28 bits per heavy atom. The summed E-state index contributed by atoms with van der Waals surface area (Å²) in [5.74, 6) is 0.134. The standard InChI is InChI=1S/C12H11Cl2N3O/c1-16-3-4-17(2)12(16)11(18)15-10-6-8(13)5-9(14)7-10/h3-7H,1-2H3. The van der Waals surface area contributed by atoms with Gasteiger partial charge in [-0.1, -0.05) is 23.2 Å². The number of rotatable bonds is 2. The van der Waals surface area contributed by atoms with Crippen LogP contribution in [-0.4, -0.2) is 10.5 Å². The molecule has 0 aliphatic carbocycles. The lowest BCUT2D eigenvalue weighted by atomic mass is 10.3. The molecule has 18 heavy (non-hydrogen) atoms. The smallest absolute Gasteiger partial charge is 0.292 e. The quantitative estimate of drug-likeness (QED) is 0.469. The highest BCUT2D eigenvalue weighted by Gasteiger charge is 2.11. The van der Waals surface area contributed by atoms with Crippen molar-refractivity contribution in [1.29, 1.82) is 0 Å². The van der Waals surface area contributed by atoms with Crippen LogP contribution in [0.15, 0.2) is 35.6 Å². The largest absolute Gasteiger partial charge is 0.853 e. The summed E-state index contributed by atoms with van der Waals surface area (Å²) in [6, 6.07) is 4.78. The van der Waals surface area contributed by atoms with Gasteiger partial charge in [-0.15, -0.1) is 0 Å². The van der Waals surface area contributed by atoms with Crippen molar-refractivity contribution in [2.75, 3.05) is 0 Å². The Hall–Kier alpha value is -1.52. The van der Waals surface area contributed by atoms with Crippen molar-refractivity contribution >= 4 is 34.8 Å². The molecule has 0 amide bonds. The highest BCUT2D eigenvalue weighted by atomic mass is 35.5. The Labute approximate surface area is 115 Å². The van der Waals surface area contributed by atoms with Gasteiger partial charge in [0, 0.05) is 10.0 Å². The summed E-state index contributed by atoms with van der Waals surface area (Å²) in [5, 5.41) is 12.9. The van der Waals surface area contributed by atoms with Crippen LogP contribution in [0.2, 0.25) is 10.0 Å². The van der Waals surface area contributed by atoms with Crippen molar-refractivity contribution < 1.29 is 9.67 Å². The molecule has 0 saturated heterocycles. The molecule has 0 aliphatic rings. The van der Waals surface area contributed by atoms with E-state index in [2.05, 4.69) is 4.99 Å². The molecule has 0 aliphatic heterocycles. The fourth-order valence-corrected chi connectivity index (χ4v) is 2.18. The highest BCUT2D eigenvalue weighted by molar-refractivity contribution is 6.35. The van der Waals surface area contributed by atoms with Crippen LogP contribution in [0.3, 0.4) is 0 Å². The lowest BCUT2D eigenvalue weighted by Gasteiger charge is -2.07. The molecule has 2 rings (SSSR count). The molecule has 0 spiro atoms. The van der Waals surface area contributed by atoms with Gasteiger partial charge in [-0.3, -0.25) is 4.99 Å². The summed E-state index contributed by atoms with van der Waals surface area (Å²) >= 11 is 11.7. The summed E-state index contributed by atoms with van der Waals surface area (Å²) in [6.45, 7) is 0. The number of hydrogen-bond donors (Lipinski definition) is 0. The summed E-state index contributed by atoms with van der Waals surface area (Å²) in [5.41, 5.74) is 0.443. The normalized spacial score (nSPS) is 11.9. The van der Waals surface area contributed by atoms with Crippen molar-refractivity contribution in [3.8, 4) is 0 Å². The summed E-state index contributed by atoms with van der Waals surface area (Å²) in [4.78, 5) is 4.00. The minimum Gasteiger partial charge on any atom is -0.853 e. The lowest BCUT2D eigenvalue weighted by molar-refractivity contribution is -0.674. The monoisotopic (exact) mass is 283 g/mol. The van der Waals surface area contributed by atoms with Gasteiger partial charge in [0.1, 0.15) is 12.4 Å². The van der Waals surface area contributed by atoms with E-state index in [4.69, 9.17) is 23.2 Å². The Kier molecular flexibility index (Phi) is 3.59. The Morgan fingerprint density at radius 3 is 2.39 bits per heavy atom. The van der Waals surface area contributed by atoms with Crippen LogP contribution < -0.4 is 9.67 Å². The van der Waals surface area contributed by atoms with Gasteiger partial charge in [0.05, 0.1) is 25.7 Å². The first-order valence-electron chi connectivity index (χ1n) is 5.20.